The molecule has 0 aromatic heterocycles. The van der Waals surface area contributed by atoms with Gasteiger partial charge in [-0.05, 0) is 12.1 Å². The number of benzene rings is 1. The Morgan fingerprint density at radius 3 is 2.65 bits per heavy atom. The van der Waals surface area contributed by atoms with E-state index in [1.807, 2.05) is 0 Å². The fourth-order valence-electron chi connectivity index (χ4n) is 2.02. The normalized spacial score (nSPS) is 14.4. The van der Waals surface area contributed by atoms with Gasteiger partial charge in [0.25, 0.3) is 0 Å². The fraction of sp³-hybridized carbons (Fsp3) is 0.250. The zero-order valence-electron chi connectivity index (χ0n) is 9.27. The molecule has 0 radical (unpaired) electrons. The average Bonchev–Trinajstić information content (AvgIpc) is 2.28. The number of amides is 1. The van der Waals surface area contributed by atoms with Crippen LogP contribution in [0.3, 0.4) is 0 Å². The van der Waals surface area contributed by atoms with Gasteiger partial charge in [-0.3, -0.25) is 9.59 Å². The van der Waals surface area contributed by atoms with E-state index in [9.17, 15) is 14.4 Å². The first kappa shape index (κ1) is 11.3. The molecule has 0 bridgehead atoms. The predicted octanol–water partition coefficient (Wildman–Crippen LogP) is 1.32. The third-order valence-corrected chi connectivity index (χ3v) is 2.79. The maximum Gasteiger partial charge on any atom is 0.336 e. The number of hydrogen-bond acceptors (Lipinski definition) is 3. The monoisotopic (exact) mass is 233 g/mol. The maximum absolute atomic E-state index is 11.8. The zero-order chi connectivity index (χ0) is 12.6. The van der Waals surface area contributed by atoms with Crippen LogP contribution in [-0.2, 0) is 4.79 Å². The summed E-state index contributed by atoms with van der Waals surface area (Å²) in [5.41, 5.74) is 0.494. The van der Waals surface area contributed by atoms with E-state index in [1.54, 1.807) is 6.07 Å². The van der Waals surface area contributed by atoms with Crippen LogP contribution in [0.1, 0.15) is 34.1 Å². The van der Waals surface area contributed by atoms with Gasteiger partial charge < -0.3 is 10.0 Å². The van der Waals surface area contributed by atoms with E-state index >= 15 is 0 Å². The molecule has 0 spiro atoms. The van der Waals surface area contributed by atoms with Gasteiger partial charge in [-0.15, -0.1) is 0 Å². The van der Waals surface area contributed by atoms with Crippen molar-refractivity contribution in [2.75, 3.05) is 11.4 Å². The first-order chi connectivity index (χ1) is 8.02. The standard InChI is InChI=1S/C12H11NO4/c1-7(14)13-6-5-10(15)11-8(12(16)17)3-2-4-9(11)13/h2-4H,5-6H2,1H3,(H,16,17). The molecule has 2 rings (SSSR count). The second-order valence-corrected chi connectivity index (χ2v) is 3.85. The SMILES string of the molecule is CC(=O)N1CCC(=O)c2c(C(=O)O)cccc21. The van der Waals surface area contributed by atoms with Crippen molar-refractivity contribution in [2.45, 2.75) is 13.3 Å². The maximum atomic E-state index is 11.8. The van der Waals surface area contributed by atoms with Gasteiger partial charge in [-0.25, -0.2) is 4.79 Å². The minimum Gasteiger partial charge on any atom is -0.478 e. The molecule has 5 heteroatoms. The molecule has 0 atom stereocenters. The number of nitrogens with zero attached hydrogens (tertiary/aromatic N) is 1. The number of fused-ring (bicyclic) bond motifs is 1. The van der Waals surface area contributed by atoms with Crippen LogP contribution >= 0.6 is 0 Å². The van der Waals surface area contributed by atoms with Crippen molar-refractivity contribution in [3.8, 4) is 0 Å². The second-order valence-electron chi connectivity index (χ2n) is 3.85. The Hall–Kier alpha value is -2.17. The summed E-state index contributed by atoms with van der Waals surface area (Å²) in [7, 11) is 0. The predicted molar refractivity (Wildman–Crippen MR) is 60.4 cm³/mol. The van der Waals surface area contributed by atoms with E-state index in [0.29, 0.717) is 12.2 Å². The van der Waals surface area contributed by atoms with Crippen molar-refractivity contribution in [1.82, 2.24) is 0 Å². The molecule has 17 heavy (non-hydrogen) atoms. The zero-order valence-corrected chi connectivity index (χ0v) is 9.27. The average molecular weight is 233 g/mol. The number of aromatic carboxylic acids is 1. The van der Waals surface area contributed by atoms with Gasteiger partial charge in [-0.1, -0.05) is 6.07 Å². The fourth-order valence-corrected chi connectivity index (χ4v) is 2.02. The Morgan fingerprint density at radius 1 is 1.35 bits per heavy atom. The van der Waals surface area contributed by atoms with Crippen LogP contribution in [0.2, 0.25) is 0 Å². The van der Waals surface area contributed by atoms with Crippen LogP contribution in [0, 0.1) is 0 Å². The van der Waals surface area contributed by atoms with Gasteiger partial charge in [0, 0.05) is 19.9 Å². The molecule has 0 aliphatic carbocycles. The molecule has 1 aliphatic rings. The highest BCUT2D eigenvalue weighted by Crippen LogP contribution is 2.29. The lowest BCUT2D eigenvalue weighted by Crippen LogP contribution is -2.36. The number of carbonyl (C=O) groups excluding carboxylic acids is 2. The quantitative estimate of drug-likeness (QED) is 0.793. The molecular formula is C12H11NO4. The van der Waals surface area contributed by atoms with E-state index in [-0.39, 0.29) is 29.2 Å². The van der Waals surface area contributed by atoms with E-state index in [0.717, 1.165) is 0 Å². The van der Waals surface area contributed by atoms with Crippen LogP contribution in [0.25, 0.3) is 0 Å². The molecule has 0 unspecified atom stereocenters. The minimum atomic E-state index is -1.15. The topological polar surface area (TPSA) is 74.7 Å². The van der Waals surface area contributed by atoms with E-state index < -0.39 is 5.97 Å². The van der Waals surface area contributed by atoms with Crippen LogP contribution in [0.15, 0.2) is 18.2 Å². The van der Waals surface area contributed by atoms with Gasteiger partial charge in [-0.2, -0.15) is 0 Å². The number of carboxylic acid groups (broad SMARTS) is 1. The molecule has 0 fully saturated rings. The molecule has 1 aromatic rings. The summed E-state index contributed by atoms with van der Waals surface area (Å²) in [6, 6.07) is 4.51. The first-order valence-electron chi connectivity index (χ1n) is 5.20. The molecule has 0 saturated heterocycles. The lowest BCUT2D eigenvalue weighted by atomic mass is 9.95. The highest BCUT2D eigenvalue weighted by atomic mass is 16.4. The van der Waals surface area contributed by atoms with Crippen LogP contribution in [-0.4, -0.2) is 29.3 Å². The number of ketones is 1. The number of carbonyl (C=O) groups is 3. The molecule has 0 saturated carbocycles. The molecule has 1 amide bonds. The van der Waals surface area contributed by atoms with E-state index in [1.165, 1.54) is 24.0 Å². The summed E-state index contributed by atoms with van der Waals surface area (Å²) in [6.07, 6.45) is 0.164. The van der Waals surface area contributed by atoms with Crippen LogP contribution in [0.5, 0.6) is 0 Å². The van der Waals surface area contributed by atoms with Gasteiger partial charge in [0.2, 0.25) is 5.91 Å². The van der Waals surface area contributed by atoms with Gasteiger partial charge >= 0.3 is 5.97 Å². The Labute approximate surface area is 97.7 Å². The number of hydrogen-bond donors (Lipinski definition) is 1. The summed E-state index contributed by atoms with van der Waals surface area (Å²) in [5.74, 6) is -1.57. The summed E-state index contributed by atoms with van der Waals surface area (Å²) in [5, 5.41) is 9.03. The summed E-state index contributed by atoms with van der Waals surface area (Å²) >= 11 is 0. The minimum absolute atomic E-state index is 0.0431. The molecule has 88 valence electrons. The highest BCUT2D eigenvalue weighted by molar-refractivity contribution is 6.14. The van der Waals surface area contributed by atoms with Crippen molar-refractivity contribution in [3.05, 3.63) is 29.3 Å². The van der Waals surface area contributed by atoms with Crippen LogP contribution < -0.4 is 4.90 Å². The summed E-state index contributed by atoms with van der Waals surface area (Å²) < 4.78 is 0. The highest BCUT2D eigenvalue weighted by Gasteiger charge is 2.29. The molecule has 1 heterocycles. The van der Waals surface area contributed by atoms with Crippen molar-refractivity contribution in [1.29, 1.82) is 0 Å². The molecule has 5 nitrogen and oxygen atoms in total. The van der Waals surface area contributed by atoms with Crippen molar-refractivity contribution >= 4 is 23.3 Å². The third-order valence-electron chi connectivity index (χ3n) is 2.79. The largest absolute Gasteiger partial charge is 0.478 e. The number of rotatable bonds is 1. The number of Topliss-reactive ketones (excluding diaryl/α,β-unsaturated/α-hetero) is 1. The van der Waals surface area contributed by atoms with Crippen molar-refractivity contribution in [2.24, 2.45) is 0 Å². The molecule has 1 aromatic carbocycles. The molecule has 1 aliphatic heterocycles. The van der Waals surface area contributed by atoms with Crippen molar-refractivity contribution in [3.63, 3.8) is 0 Å². The van der Waals surface area contributed by atoms with E-state index in [4.69, 9.17) is 5.11 Å². The van der Waals surface area contributed by atoms with Gasteiger partial charge in [0.05, 0.1) is 16.8 Å². The Balaban J connectivity index is 2.66. The summed E-state index contributed by atoms with van der Waals surface area (Å²) in [6.45, 7) is 1.71. The van der Waals surface area contributed by atoms with Crippen LogP contribution in [0.4, 0.5) is 5.69 Å². The van der Waals surface area contributed by atoms with E-state index in [2.05, 4.69) is 0 Å². The lowest BCUT2D eigenvalue weighted by molar-refractivity contribution is -0.116. The second kappa shape index (κ2) is 4.01. The molecule has 1 N–H and O–H groups in total. The Morgan fingerprint density at radius 2 is 2.06 bits per heavy atom. The smallest absolute Gasteiger partial charge is 0.336 e. The lowest BCUT2D eigenvalue weighted by Gasteiger charge is -2.28. The third kappa shape index (κ3) is 1.80. The molecular weight excluding hydrogens is 222 g/mol. The number of anilines is 1. The Kier molecular flexibility index (Phi) is 2.67. The first-order valence-corrected chi connectivity index (χ1v) is 5.20. The van der Waals surface area contributed by atoms with Gasteiger partial charge in [0.1, 0.15) is 0 Å². The summed E-state index contributed by atoms with van der Waals surface area (Å²) in [4.78, 5) is 35.7. The van der Waals surface area contributed by atoms with Crippen molar-refractivity contribution < 1.29 is 19.5 Å². The number of carboxylic acids is 1. The van der Waals surface area contributed by atoms with Gasteiger partial charge in [0.15, 0.2) is 5.78 Å². The Bertz CT molecular complexity index is 521.